The molecule has 0 bridgehead atoms. The third-order valence-corrected chi connectivity index (χ3v) is 4.60. The van der Waals surface area contributed by atoms with Crippen LogP contribution in [0.4, 0.5) is 0 Å². The van der Waals surface area contributed by atoms with Crippen molar-refractivity contribution >= 4 is 11.3 Å². The minimum atomic E-state index is 0.636. The predicted molar refractivity (Wildman–Crippen MR) is 72.1 cm³/mol. The first-order valence-electron chi connectivity index (χ1n) is 6.56. The van der Waals surface area contributed by atoms with Gasteiger partial charge in [0.1, 0.15) is 0 Å². The van der Waals surface area contributed by atoms with Gasteiger partial charge in [-0.1, -0.05) is 13.3 Å². The minimum absolute atomic E-state index is 0.636. The van der Waals surface area contributed by atoms with Gasteiger partial charge in [0.2, 0.25) is 0 Å². The number of hydrogen-bond donors (Lipinski definition) is 1. The van der Waals surface area contributed by atoms with E-state index in [0.717, 1.165) is 0 Å². The Morgan fingerprint density at radius 1 is 1.44 bits per heavy atom. The molecule has 0 radical (unpaired) electrons. The molecule has 1 fully saturated rings. The van der Waals surface area contributed by atoms with E-state index in [4.69, 9.17) is 0 Å². The van der Waals surface area contributed by atoms with Gasteiger partial charge in [0.25, 0.3) is 0 Å². The van der Waals surface area contributed by atoms with Gasteiger partial charge in [-0.25, -0.2) is 0 Å². The lowest BCUT2D eigenvalue weighted by Crippen LogP contribution is -2.40. The molecule has 1 N–H and O–H groups in total. The fraction of sp³-hybridized carbons (Fsp3) is 0.714. The molecule has 2 rings (SSSR count). The zero-order chi connectivity index (χ0) is 11.3. The van der Waals surface area contributed by atoms with Crippen molar-refractivity contribution < 1.29 is 0 Å². The summed E-state index contributed by atoms with van der Waals surface area (Å²) >= 11 is 1.82. The molecule has 0 aromatic carbocycles. The lowest BCUT2D eigenvalue weighted by atomic mass is 9.65. The molecule has 90 valence electrons. The second-order valence-electron chi connectivity index (χ2n) is 5.16. The third kappa shape index (κ3) is 3.08. The van der Waals surface area contributed by atoms with Crippen molar-refractivity contribution in [1.29, 1.82) is 0 Å². The van der Waals surface area contributed by atoms with Crippen LogP contribution in [-0.4, -0.2) is 13.1 Å². The highest BCUT2D eigenvalue weighted by atomic mass is 32.1. The summed E-state index contributed by atoms with van der Waals surface area (Å²) in [7, 11) is 0. The average molecular weight is 237 g/mol. The second kappa shape index (κ2) is 5.83. The molecule has 1 aliphatic rings. The van der Waals surface area contributed by atoms with E-state index >= 15 is 0 Å². The summed E-state index contributed by atoms with van der Waals surface area (Å²) in [6.07, 6.45) is 8.22. The summed E-state index contributed by atoms with van der Waals surface area (Å²) in [5, 5.41) is 8.10. The number of aryl methyl sites for hydroxylation is 1. The summed E-state index contributed by atoms with van der Waals surface area (Å²) in [6, 6.07) is 2.27. The molecule has 1 heterocycles. The summed E-state index contributed by atoms with van der Waals surface area (Å²) in [5.41, 5.74) is 2.17. The molecule has 0 amide bonds. The Balaban J connectivity index is 1.76. The van der Waals surface area contributed by atoms with Crippen LogP contribution in [0.15, 0.2) is 16.8 Å². The largest absolute Gasteiger partial charge is 0.316 e. The van der Waals surface area contributed by atoms with E-state index in [-0.39, 0.29) is 0 Å². The maximum absolute atomic E-state index is 3.61. The quantitative estimate of drug-likeness (QED) is 0.710. The SMILES string of the molecule is CCCNCC1(CCc2ccsc2)CCC1. The van der Waals surface area contributed by atoms with Gasteiger partial charge in [0.05, 0.1) is 0 Å². The van der Waals surface area contributed by atoms with Crippen LogP contribution in [0.3, 0.4) is 0 Å². The van der Waals surface area contributed by atoms with E-state index in [2.05, 4.69) is 29.1 Å². The summed E-state index contributed by atoms with van der Waals surface area (Å²) < 4.78 is 0. The fourth-order valence-corrected chi connectivity index (χ4v) is 3.27. The van der Waals surface area contributed by atoms with Gasteiger partial charge in [-0.05, 0) is 66.5 Å². The van der Waals surface area contributed by atoms with Gasteiger partial charge < -0.3 is 5.32 Å². The van der Waals surface area contributed by atoms with E-state index in [1.165, 1.54) is 57.2 Å². The monoisotopic (exact) mass is 237 g/mol. The van der Waals surface area contributed by atoms with Gasteiger partial charge in [-0.2, -0.15) is 11.3 Å². The average Bonchev–Trinajstić information content (AvgIpc) is 2.73. The lowest BCUT2D eigenvalue weighted by molar-refractivity contribution is 0.117. The molecule has 0 spiro atoms. The highest BCUT2D eigenvalue weighted by Gasteiger charge is 2.35. The minimum Gasteiger partial charge on any atom is -0.316 e. The normalized spacial score (nSPS) is 18.3. The second-order valence-corrected chi connectivity index (χ2v) is 5.94. The molecule has 2 heteroatoms. The van der Waals surface area contributed by atoms with E-state index in [1.807, 2.05) is 11.3 Å². The Bertz CT molecular complexity index is 288. The molecule has 1 nitrogen and oxygen atoms in total. The van der Waals surface area contributed by atoms with Crippen molar-refractivity contribution in [3.63, 3.8) is 0 Å². The Labute approximate surface area is 103 Å². The van der Waals surface area contributed by atoms with Crippen LogP contribution < -0.4 is 5.32 Å². The number of thiophene rings is 1. The molecule has 0 aliphatic heterocycles. The van der Waals surface area contributed by atoms with E-state index < -0.39 is 0 Å². The van der Waals surface area contributed by atoms with Crippen LogP contribution in [0.1, 0.15) is 44.6 Å². The molecular formula is C14H23NS. The van der Waals surface area contributed by atoms with E-state index in [1.54, 1.807) is 0 Å². The van der Waals surface area contributed by atoms with Gasteiger partial charge >= 0.3 is 0 Å². The first kappa shape index (κ1) is 12.1. The highest BCUT2D eigenvalue weighted by molar-refractivity contribution is 7.07. The van der Waals surface area contributed by atoms with Gasteiger partial charge in [-0.3, -0.25) is 0 Å². The van der Waals surface area contributed by atoms with Crippen molar-refractivity contribution in [3.05, 3.63) is 22.4 Å². The zero-order valence-electron chi connectivity index (χ0n) is 10.3. The van der Waals surface area contributed by atoms with E-state index in [9.17, 15) is 0 Å². The Morgan fingerprint density at radius 2 is 2.31 bits per heavy atom. The van der Waals surface area contributed by atoms with Gasteiger partial charge in [-0.15, -0.1) is 0 Å². The molecule has 1 saturated carbocycles. The van der Waals surface area contributed by atoms with Gasteiger partial charge in [0.15, 0.2) is 0 Å². The molecule has 0 saturated heterocycles. The molecule has 0 atom stereocenters. The third-order valence-electron chi connectivity index (χ3n) is 3.87. The maximum atomic E-state index is 3.61. The smallest absolute Gasteiger partial charge is 0.000792 e. The molecular weight excluding hydrogens is 214 g/mol. The highest BCUT2D eigenvalue weighted by Crippen LogP contribution is 2.44. The molecule has 16 heavy (non-hydrogen) atoms. The van der Waals surface area contributed by atoms with Crippen LogP contribution in [0.25, 0.3) is 0 Å². The van der Waals surface area contributed by atoms with Crippen molar-refractivity contribution in [3.8, 4) is 0 Å². The Kier molecular flexibility index (Phi) is 4.42. The van der Waals surface area contributed by atoms with Crippen LogP contribution in [0.2, 0.25) is 0 Å². The summed E-state index contributed by atoms with van der Waals surface area (Å²) in [6.45, 7) is 4.66. The maximum Gasteiger partial charge on any atom is 0.000792 e. The van der Waals surface area contributed by atoms with Crippen LogP contribution >= 0.6 is 11.3 Å². The molecule has 1 aromatic rings. The number of nitrogens with one attached hydrogen (secondary N) is 1. The van der Waals surface area contributed by atoms with Crippen molar-refractivity contribution in [2.75, 3.05) is 13.1 Å². The topological polar surface area (TPSA) is 12.0 Å². The lowest BCUT2D eigenvalue weighted by Gasteiger charge is -2.42. The van der Waals surface area contributed by atoms with E-state index in [0.29, 0.717) is 5.41 Å². The number of rotatable bonds is 7. The first-order valence-corrected chi connectivity index (χ1v) is 7.51. The summed E-state index contributed by atoms with van der Waals surface area (Å²) in [4.78, 5) is 0. The zero-order valence-corrected chi connectivity index (χ0v) is 11.1. The van der Waals surface area contributed by atoms with Crippen LogP contribution in [0, 0.1) is 5.41 Å². The van der Waals surface area contributed by atoms with Crippen molar-refractivity contribution in [2.24, 2.45) is 5.41 Å². The summed E-state index contributed by atoms with van der Waals surface area (Å²) in [5.74, 6) is 0. The van der Waals surface area contributed by atoms with Crippen LogP contribution in [-0.2, 0) is 6.42 Å². The Hall–Kier alpha value is -0.340. The van der Waals surface area contributed by atoms with Crippen molar-refractivity contribution in [1.82, 2.24) is 5.32 Å². The predicted octanol–water partition coefficient (Wildman–Crippen LogP) is 3.85. The van der Waals surface area contributed by atoms with Crippen molar-refractivity contribution in [2.45, 2.75) is 45.4 Å². The van der Waals surface area contributed by atoms with Gasteiger partial charge in [0, 0.05) is 6.54 Å². The molecule has 1 aliphatic carbocycles. The molecule has 0 unspecified atom stereocenters. The molecule has 1 aromatic heterocycles. The number of hydrogen-bond acceptors (Lipinski definition) is 2. The first-order chi connectivity index (χ1) is 7.85. The Morgan fingerprint density at radius 3 is 2.88 bits per heavy atom. The van der Waals surface area contributed by atoms with Crippen LogP contribution in [0.5, 0.6) is 0 Å². The standard InChI is InChI=1S/C14H23NS/c1-2-9-15-12-14(6-3-7-14)8-4-13-5-10-16-11-13/h5,10-11,15H,2-4,6-9,12H2,1H3. The fourth-order valence-electron chi connectivity index (χ4n) is 2.57.